The fraction of sp³-hybridized carbons (Fsp3) is 0.364. The molecule has 4 nitrogen and oxygen atoms in total. The molecule has 1 saturated heterocycles. The van der Waals surface area contributed by atoms with Crippen LogP contribution in [0.5, 0.6) is 0 Å². The molecule has 2 heterocycles. The predicted octanol–water partition coefficient (Wildman–Crippen LogP) is 7.13. The van der Waals surface area contributed by atoms with E-state index >= 15 is 0 Å². The Kier molecular flexibility index (Phi) is 7.87. The zero-order valence-electron chi connectivity index (χ0n) is 16.6. The van der Waals surface area contributed by atoms with Crippen LogP contribution in [0.4, 0.5) is 0 Å². The topological polar surface area (TPSA) is 45.8 Å². The molecule has 154 valence electrons. The van der Waals surface area contributed by atoms with Gasteiger partial charge in [-0.15, -0.1) is 0 Å². The average Bonchev–Trinajstić information content (AvgIpc) is 3.26. The number of hydrogen-bond donors (Lipinski definition) is 0. The molecule has 2 aromatic rings. The van der Waals surface area contributed by atoms with Gasteiger partial charge in [-0.2, -0.15) is 0 Å². The molecule has 1 aliphatic heterocycles. The van der Waals surface area contributed by atoms with Crippen molar-refractivity contribution >= 4 is 52.1 Å². The molecule has 1 aliphatic rings. The number of amides is 1. The van der Waals surface area contributed by atoms with Crippen molar-refractivity contribution in [2.24, 2.45) is 4.99 Å². The lowest BCUT2D eigenvalue weighted by Crippen LogP contribution is -2.30. The number of aliphatic imine (C=N–C) groups is 1. The molecule has 1 aromatic carbocycles. The van der Waals surface area contributed by atoms with Crippen LogP contribution >= 0.6 is 35.0 Å². The van der Waals surface area contributed by atoms with Gasteiger partial charge in [-0.1, -0.05) is 56.0 Å². The quantitative estimate of drug-likeness (QED) is 0.317. The van der Waals surface area contributed by atoms with Gasteiger partial charge in [0.15, 0.2) is 5.17 Å². The van der Waals surface area contributed by atoms with Crippen LogP contribution in [-0.4, -0.2) is 29.1 Å². The Morgan fingerprint density at radius 3 is 2.52 bits per heavy atom. The van der Waals surface area contributed by atoms with Gasteiger partial charge in [0, 0.05) is 19.2 Å². The second-order valence-corrected chi connectivity index (χ2v) is 8.56. The minimum Gasteiger partial charge on any atom is -0.457 e. The summed E-state index contributed by atoms with van der Waals surface area (Å²) >= 11 is 14.0. The fourth-order valence-corrected chi connectivity index (χ4v) is 4.49. The van der Waals surface area contributed by atoms with E-state index in [4.69, 9.17) is 27.6 Å². The Labute approximate surface area is 186 Å². The lowest BCUT2D eigenvalue weighted by atomic mass is 10.2. The zero-order valence-corrected chi connectivity index (χ0v) is 18.9. The SMILES string of the molecule is CCCCN=C1S/C(=C/c2ccc(-c3c(Cl)cccc3Cl)o2)C(=O)N1CCCC. The Balaban J connectivity index is 1.85. The third-order valence-corrected chi connectivity index (χ3v) is 6.17. The zero-order chi connectivity index (χ0) is 20.8. The first-order valence-electron chi connectivity index (χ1n) is 9.85. The van der Waals surface area contributed by atoms with Crippen LogP contribution in [0.15, 0.2) is 44.6 Å². The molecule has 0 spiro atoms. The predicted molar refractivity (Wildman–Crippen MR) is 124 cm³/mol. The normalized spacial score (nSPS) is 17.1. The molecule has 0 unspecified atom stereocenters. The standard InChI is InChI=1S/C22H24Cl2N2O2S/c1-3-5-12-25-22-26(13-6-4-2)21(27)19(29-22)14-15-10-11-18(28-15)20-16(23)8-7-9-17(20)24/h7-11,14H,3-6,12-13H2,1-2H3/b19-14+,25-22?. The molecule has 3 rings (SSSR count). The maximum atomic E-state index is 12.9. The van der Waals surface area contributed by atoms with Crippen molar-refractivity contribution < 1.29 is 9.21 Å². The van der Waals surface area contributed by atoms with Gasteiger partial charge in [0.2, 0.25) is 0 Å². The highest BCUT2D eigenvalue weighted by atomic mass is 35.5. The highest BCUT2D eigenvalue weighted by Gasteiger charge is 2.33. The van der Waals surface area contributed by atoms with Gasteiger partial charge in [-0.25, -0.2) is 0 Å². The highest BCUT2D eigenvalue weighted by Crippen LogP contribution is 2.37. The summed E-state index contributed by atoms with van der Waals surface area (Å²) < 4.78 is 5.92. The van der Waals surface area contributed by atoms with Crippen LogP contribution in [-0.2, 0) is 4.79 Å². The maximum absolute atomic E-state index is 12.9. The Hall–Kier alpha value is -1.69. The van der Waals surface area contributed by atoms with Gasteiger partial charge in [-0.05, 0) is 48.9 Å². The molecule has 1 aromatic heterocycles. The van der Waals surface area contributed by atoms with Crippen molar-refractivity contribution in [3.8, 4) is 11.3 Å². The number of furan rings is 1. The first kappa shape index (κ1) is 22.0. The molecule has 1 fully saturated rings. The summed E-state index contributed by atoms with van der Waals surface area (Å²) in [6.07, 6.45) is 5.83. The number of unbranched alkanes of at least 4 members (excludes halogenated alkanes) is 2. The number of carbonyl (C=O) groups excluding carboxylic acids is 1. The summed E-state index contributed by atoms with van der Waals surface area (Å²) in [5.41, 5.74) is 0.650. The molecule has 0 atom stereocenters. The molecular formula is C22H24Cl2N2O2S. The smallest absolute Gasteiger partial charge is 0.266 e. The van der Waals surface area contributed by atoms with E-state index < -0.39 is 0 Å². The molecular weight excluding hydrogens is 427 g/mol. The summed E-state index contributed by atoms with van der Waals surface area (Å²) in [7, 11) is 0. The van der Waals surface area contributed by atoms with E-state index in [0.29, 0.717) is 38.6 Å². The lowest BCUT2D eigenvalue weighted by molar-refractivity contribution is -0.122. The van der Waals surface area contributed by atoms with Gasteiger partial charge >= 0.3 is 0 Å². The van der Waals surface area contributed by atoms with Crippen LogP contribution in [0.1, 0.15) is 45.3 Å². The van der Waals surface area contributed by atoms with E-state index in [1.807, 2.05) is 12.1 Å². The van der Waals surface area contributed by atoms with Crippen molar-refractivity contribution in [3.05, 3.63) is 51.0 Å². The summed E-state index contributed by atoms with van der Waals surface area (Å²) in [5, 5.41) is 1.82. The monoisotopic (exact) mass is 450 g/mol. The van der Waals surface area contributed by atoms with Gasteiger partial charge in [0.1, 0.15) is 11.5 Å². The van der Waals surface area contributed by atoms with Crippen LogP contribution in [0, 0.1) is 0 Å². The average molecular weight is 451 g/mol. The highest BCUT2D eigenvalue weighted by molar-refractivity contribution is 8.18. The Morgan fingerprint density at radius 2 is 1.83 bits per heavy atom. The van der Waals surface area contributed by atoms with Crippen LogP contribution < -0.4 is 0 Å². The first-order valence-corrected chi connectivity index (χ1v) is 11.4. The number of benzene rings is 1. The van der Waals surface area contributed by atoms with E-state index in [9.17, 15) is 4.79 Å². The third kappa shape index (κ3) is 5.27. The fourth-order valence-electron chi connectivity index (χ4n) is 2.90. The summed E-state index contributed by atoms with van der Waals surface area (Å²) in [5.74, 6) is 1.13. The minimum absolute atomic E-state index is 0.0209. The maximum Gasteiger partial charge on any atom is 0.266 e. The second kappa shape index (κ2) is 10.4. The Morgan fingerprint density at radius 1 is 1.10 bits per heavy atom. The number of hydrogen-bond acceptors (Lipinski definition) is 4. The van der Waals surface area contributed by atoms with Gasteiger partial charge in [0.25, 0.3) is 5.91 Å². The summed E-state index contributed by atoms with van der Waals surface area (Å²) in [6.45, 7) is 5.66. The van der Waals surface area contributed by atoms with Crippen molar-refractivity contribution in [1.82, 2.24) is 4.90 Å². The number of rotatable bonds is 8. The molecule has 0 radical (unpaired) electrons. The number of thioether (sulfide) groups is 1. The van der Waals surface area contributed by atoms with Crippen molar-refractivity contribution in [1.29, 1.82) is 0 Å². The van der Waals surface area contributed by atoms with E-state index in [1.54, 1.807) is 29.2 Å². The molecule has 0 aliphatic carbocycles. The van der Waals surface area contributed by atoms with Gasteiger partial charge in [0.05, 0.1) is 20.5 Å². The van der Waals surface area contributed by atoms with Crippen molar-refractivity contribution in [3.63, 3.8) is 0 Å². The van der Waals surface area contributed by atoms with Crippen LogP contribution in [0.25, 0.3) is 17.4 Å². The van der Waals surface area contributed by atoms with Crippen molar-refractivity contribution in [2.75, 3.05) is 13.1 Å². The van der Waals surface area contributed by atoms with Gasteiger partial charge < -0.3 is 4.42 Å². The molecule has 7 heteroatoms. The lowest BCUT2D eigenvalue weighted by Gasteiger charge is -2.14. The molecule has 0 bridgehead atoms. The largest absolute Gasteiger partial charge is 0.457 e. The summed E-state index contributed by atoms with van der Waals surface area (Å²) in [4.78, 5) is 20.0. The molecule has 0 saturated carbocycles. The van der Waals surface area contributed by atoms with Crippen LogP contribution in [0.3, 0.4) is 0 Å². The number of halogens is 2. The van der Waals surface area contributed by atoms with E-state index in [0.717, 1.165) is 37.4 Å². The van der Waals surface area contributed by atoms with Crippen LogP contribution in [0.2, 0.25) is 10.0 Å². The molecule has 1 amide bonds. The first-order chi connectivity index (χ1) is 14.0. The van der Waals surface area contributed by atoms with Crippen molar-refractivity contribution in [2.45, 2.75) is 39.5 Å². The van der Waals surface area contributed by atoms with E-state index in [-0.39, 0.29) is 5.91 Å². The Bertz CT molecular complexity index is 916. The second-order valence-electron chi connectivity index (χ2n) is 6.74. The molecule has 0 N–H and O–H groups in total. The van der Waals surface area contributed by atoms with Gasteiger partial charge in [-0.3, -0.25) is 14.7 Å². The van der Waals surface area contributed by atoms with E-state index in [1.165, 1.54) is 11.8 Å². The number of nitrogens with zero attached hydrogens (tertiary/aromatic N) is 2. The van der Waals surface area contributed by atoms with E-state index in [2.05, 4.69) is 18.8 Å². The third-order valence-electron chi connectivity index (χ3n) is 4.49. The molecule has 29 heavy (non-hydrogen) atoms. The number of carbonyl (C=O) groups is 1. The summed E-state index contributed by atoms with van der Waals surface area (Å²) in [6, 6.07) is 8.96. The number of amidine groups is 1. The minimum atomic E-state index is -0.0209.